The average molecular weight is 289 g/mol. The van der Waals surface area contributed by atoms with Crippen LogP contribution in [0.2, 0.25) is 0 Å². The minimum atomic E-state index is 0.0118. The van der Waals surface area contributed by atoms with Crippen molar-refractivity contribution in [2.45, 2.75) is 71.1 Å². The summed E-state index contributed by atoms with van der Waals surface area (Å²) in [4.78, 5) is 0. The highest BCUT2D eigenvalue weighted by Crippen LogP contribution is 2.47. The van der Waals surface area contributed by atoms with E-state index in [0.29, 0.717) is 12.3 Å². The molecule has 2 heteroatoms. The van der Waals surface area contributed by atoms with Crippen molar-refractivity contribution in [1.29, 1.82) is 0 Å². The molecule has 2 rings (SSSR count). The molecule has 3 N–H and O–H groups in total. The molecule has 1 saturated carbocycles. The van der Waals surface area contributed by atoms with Gasteiger partial charge in [-0.2, -0.15) is 0 Å². The van der Waals surface area contributed by atoms with Gasteiger partial charge in [-0.3, -0.25) is 0 Å². The van der Waals surface area contributed by atoms with Gasteiger partial charge in [0.15, 0.2) is 0 Å². The van der Waals surface area contributed by atoms with Gasteiger partial charge in [0.05, 0.1) is 0 Å². The van der Waals surface area contributed by atoms with Crippen LogP contribution in [0.1, 0.15) is 71.4 Å². The zero-order valence-corrected chi connectivity index (χ0v) is 14.3. The first-order valence-corrected chi connectivity index (χ1v) is 8.14. The lowest BCUT2D eigenvalue weighted by molar-refractivity contribution is 0.243. The van der Waals surface area contributed by atoms with Crippen molar-refractivity contribution < 1.29 is 5.11 Å². The number of phenols is 1. The van der Waals surface area contributed by atoms with Crippen LogP contribution in [-0.2, 0) is 10.8 Å². The molecule has 2 nitrogen and oxygen atoms in total. The smallest absolute Gasteiger partial charge is 0.119 e. The maximum atomic E-state index is 10.3. The molecule has 0 aliphatic heterocycles. The van der Waals surface area contributed by atoms with Crippen LogP contribution in [0.15, 0.2) is 18.2 Å². The van der Waals surface area contributed by atoms with Gasteiger partial charge in [0.2, 0.25) is 0 Å². The van der Waals surface area contributed by atoms with E-state index in [1.54, 1.807) is 0 Å². The highest BCUT2D eigenvalue weighted by atomic mass is 16.3. The monoisotopic (exact) mass is 289 g/mol. The fraction of sp³-hybridized carbons (Fsp3) is 0.684. The van der Waals surface area contributed by atoms with E-state index in [9.17, 15) is 5.11 Å². The summed E-state index contributed by atoms with van der Waals surface area (Å²) in [5, 5.41) is 10.3. The highest BCUT2D eigenvalue weighted by molar-refractivity contribution is 5.45. The third-order valence-corrected chi connectivity index (χ3v) is 5.02. The number of nitrogens with two attached hydrogens (primary N) is 1. The number of phenolic OH excluding ortho intramolecular Hbond substituents is 1. The van der Waals surface area contributed by atoms with Gasteiger partial charge in [-0.25, -0.2) is 0 Å². The van der Waals surface area contributed by atoms with Crippen LogP contribution >= 0.6 is 0 Å². The first kappa shape index (κ1) is 16.4. The maximum Gasteiger partial charge on any atom is 0.119 e. The van der Waals surface area contributed by atoms with E-state index < -0.39 is 0 Å². The van der Waals surface area contributed by atoms with Gasteiger partial charge >= 0.3 is 0 Å². The van der Waals surface area contributed by atoms with Crippen LogP contribution in [0.3, 0.4) is 0 Å². The zero-order chi connectivity index (χ0) is 15.9. The molecule has 0 saturated heterocycles. The molecule has 0 aromatic heterocycles. The molecule has 0 radical (unpaired) electrons. The van der Waals surface area contributed by atoms with Crippen LogP contribution in [0.4, 0.5) is 0 Å². The predicted molar refractivity (Wildman–Crippen MR) is 89.8 cm³/mol. The van der Waals surface area contributed by atoms with Crippen LogP contribution in [0.5, 0.6) is 5.75 Å². The Morgan fingerprint density at radius 3 is 2.19 bits per heavy atom. The summed E-state index contributed by atoms with van der Waals surface area (Å²) >= 11 is 0. The van der Waals surface area contributed by atoms with Crippen LogP contribution in [0.25, 0.3) is 0 Å². The van der Waals surface area contributed by atoms with E-state index in [2.05, 4.69) is 46.8 Å². The van der Waals surface area contributed by atoms with Crippen molar-refractivity contribution in [1.82, 2.24) is 0 Å². The summed E-state index contributed by atoms with van der Waals surface area (Å²) < 4.78 is 0. The summed E-state index contributed by atoms with van der Waals surface area (Å²) in [5.74, 6) is 0.412. The van der Waals surface area contributed by atoms with Gasteiger partial charge in [0.1, 0.15) is 5.75 Å². The molecule has 0 heterocycles. The minimum Gasteiger partial charge on any atom is -0.508 e. The third-order valence-electron chi connectivity index (χ3n) is 5.02. The molecular formula is C19H31NO. The second-order valence-electron chi connectivity index (χ2n) is 8.69. The lowest BCUT2D eigenvalue weighted by Gasteiger charge is -2.42. The van der Waals surface area contributed by atoms with E-state index >= 15 is 0 Å². The van der Waals surface area contributed by atoms with Crippen molar-refractivity contribution >= 4 is 0 Å². The van der Waals surface area contributed by atoms with E-state index in [1.165, 1.54) is 12.0 Å². The Hall–Kier alpha value is -1.02. The Bertz CT molecular complexity index is 501. The van der Waals surface area contributed by atoms with Crippen LogP contribution in [-0.4, -0.2) is 11.7 Å². The van der Waals surface area contributed by atoms with Crippen molar-refractivity contribution in [2.24, 2.45) is 11.1 Å². The topological polar surface area (TPSA) is 46.2 Å². The molecular weight excluding hydrogens is 258 g/mol. The van der Waals surface area contributed by atoms with Gasteiger partial charge in [-0.05, 0) is 41.7 Å². The average Bonchev–Trinajstić information content (AvgIpc) is 2.27. The molecule has 1 aromatic carbocycles. The largest absolute Gasteiger partial charge is 0.508 e. The standard InChI is InChI=1S/C19H31NO/c1-17(2,3)12-18(4,5)14-7-8-16(21)15(11-14)19(13-20)9-6-10-19/h7-8,11,21H,6,9-10,12-13,20H2,1-5H3. The Labute approximate surface area is 129 Å². The van der Waals surface area contributed by atoms with Gasteiger partial charge in [0.25, 0.3) is 0 Å². The van der Waals surface area contributed by atoms with Crippen molar-refractivity contribution in [2.75, 3.05) is 6.54 Å². The lowest BCUT2D eigenvalue weighted by atomic mass is 9.63. The Kier molecular flexibility index (Phi) is 4.14. The summed E-state index contributed by atoms with van der Waals surface area (Å²) in [7, 11) is 0. The normalized spacial score (nSPS) is 18.4. The molecule has 1 fully saturated rings. The van der Waals surface area contributed by atoms with Gasteiger partial charge in [-0.15, -0.1) is 0 Å². The first-order chi connectivity index (χ1) is 9.60. The van der Waals surface area contributed by atoms with Gasteiger partial charge in [0, 0.05) is 17.5 Å². The zero-order valence-electron chi connectivity index (χ0n) is 14.3. The SMILES string of the molecule is CC(C)(C)CC(C)(C)c1ccc(O)c(C2(CN)CCC2)c1. The number of rotatable bonds is 4. The van der Waals surface area contributed by atoms with E-state index in [1.807, 2.05) is 6.07 Å². The second-order valence-corrected chi connectivity index (χ2v) is 8.69. The Balaban J connectivity index is 2.39. The second kappa shape index (κ2) is 5.31. The number of hydrogen-bond donors (Lipinski definition) is 2. The van der Waals surface area contributed by atoms with Gasteiger partial charge < -0.3 is 10.8 Å². The van der Waals surface area contributed by atoms with Crippen LogP contribution in [0, 0.1) is 5.41 Å². The van der Waals surface area contributed by atoms with E-state index in [-0.39, 0.29) is 16.2 Å². The number of benzene rings is 1. The molecule has 0 atom stereocenters. The number of hydrogen-bond acceptors (Lipinski definition) is 2. The molecule has 118 valence electrons. The molecule has 0 amide bonds. The third kappa shape index (κ3) is 3.26. The summed E-state index contributed by atoms with van der Waals surface area (Å²) in [6.07, 6.45) is 4.52. The first-order valence-electron chi connectivity index (χ1n) is 8.14. The lowest BCUT2D eigenvalue weighted by Crippen LogP contribution is -2.41. The number of aromatic hydroxyl groups is 1. The molecule has 1 aliphatic rings. The summed E-state index contributed by atoms with van der Waals surface area (Å²) in [6, 6.07) is 6.16. The fourth-order valence-electron chi connectivity index (χ4n) is 4.00. The fourth-order valence-corrected chi connectivity index (χ4v) is 4.00. The van der Waals surface area contributed by atoms with E-state index in [4.69, 9.17) is 5.73 Å². The molecule has 1 aromatic rings. The van der Waals surface area contributed by atoms with Crippen molar-refractivity contribution in [3.05, 3.63) is 29.3 Å². The quantitative estimate of drug-likeness (QED) is 0.858. The summed E-state index contributed by atoms with van der Waals surface area (Å²) in [5.41, 5.74) is 8.79. The van der Waals surface area contributed by atoms with Crippen molar-refractivity contribution in [3.8, 4) is 5.75 Å². The molecule has 0 bridgehead atoms. The Morgan fingerprint density at radius 2 is 1.76 bits per heavy atom. The molecule has 0 unspecified atom stereocenters. The molecule has 0 spiro atoms. The van der Waals surface area contributed by atoms with E-state index in [0.717, 1.165) is 24.8 Å². The predicted octanol–water partition coefficient (Wildman–Crippen LogP) is 4.49. The minimum absolute atomic E-state index is 0.0118. The van der Waals surface area contributed by atoms with Gasteiger partial charge in [-0.1, -0.05) is 53.2 Å². The van der Waals surface area contributed by atoms with Crippen molar-refractivity contribution in [3.63, 3.8) is 0 Å². The molecule has 21 heavy (non-hydrogen) atoms. The summed E-state index contributed by atoms with van der Waals surface area (Å²) in [6.45, 7) is 12.1. The molecule has 1 aliphatic carbocycles. The maximum absolute atomic E-state index is 10.3. The Morgan fingerprint density at radius 1 is 1.14 bits per heavy atom. The van der Waals surface area contributed by atoms with Crippen LogP contribution < -0.4 is 5.73 Å². The highest BCUT2D eigenvalue weighted by Gasteiger charge is 2.40.